The number of hydrogen-bond donors (Lipinski definition) is 2. The fourth-order valence-corrected chi connectivity index (χ4v) is 3.47. The number of rotatable bonds is 3. The van der Waals surface area contributed by atoms with Gasteiger partial charge in [-0.3, -0.25) is 4.79 Å². The van der Waals surface area contributed by atoms with E-state index in [1.165, 1.54) is 0 Å². The number of aromatic nitrogens is 2. The molecule has 2 saturated heterocycles. The molecule has 20 heavy (non-hydrogen) atoms. The first-order chi connectivity index (χ1) is 9.63. The Morgan fingerprint density at radius 2 is 2.30 bits per heavy atom. The molecule has 1 aromatic heterocycles. The number of fused-ring (bicyclic) bond motifs is 1. The zero-order valence-corrected chi connectivity index (χ0v) is 12.2. The van der Waals surface area contributed by atoms with Crippen LogP contribution in [0.2, 0.25) is 0 Å². The van der Waals surface area contributed by atoms with E-state index in [2.05, 4.69) is 22.2 Å². The molecule has 2 unspecified atom stereocenters. The molecule has 1 amide bonds. The SMILES string of the molecule is CCCn1nc(C)c(N)c1N1CCCC2C(=O)NCC21. The lowest BCUT2D eigenvalue weighted by Crippen LogP contribution is -2.46. The summed E-state index contributed by atoms with van der Waals surface area (Å²) in [5, 5.41) is 7.54. The second-order valence-electron chi connectivity index (χ2n) is 5.80. The van der Waals surface area contributed by atoms with E-state index in [1.807, 2.05) is 11.6 Å². The van der Waals surface area contributed by atoms with Crippen molar-refractivity contribution in [2.24, 2.45) is 5.92 Å². The summed E-state index contributed by atoms with van der Waals surface area (Å²) in [6, 6.07) is 0.227. The summed E-state index contributed by atoms with van der Waals surface area (Å²) in [6.07, 6.45) is 3.03. The molecule has 2 fully saturated rings. The molecule has 2 aliphatic rings. The van der Waals surface area contributed by atoms with E-state index in [9.17, 15) is 4.79 Å². The third-order valence-corrected chi connectivity index (χ3v) is 4.45. The van der Waals surface area contributed by atoms with Gasteiger partial charge < -0.3 is 16.0 Å². The van der Waals surface area contributed by atoms with Gasteiger partial charge in [0.15, 0.2) is 5.82 Å². The van der Waals surface area contributed by atoms with Crippen LogP contribution in [0.3, 0.4) is 0 Å². The van der Waals surface area contributed by atoms with E-state index in [0.717, 1.165) is 56.1 Å². The van der Waals surface area contributed by atoms with E-state index in [-0.39, 0.29) is 17.9 Å². The quantitative estimate of drug-likeness (QED) is 0.860. The fourth-order valence-electron chi connectivity index (χ4n) is 3.47. The van der Waals surface area contributed by atoms with Gasteiger partial charge in [-0.25, -0.2) is 4.68 Å². The zero-order valence-electron chi connectivity index (χ0n) is 12.2. The molecule has 0 aromatic carbocycles. The second-order valence-corrected chi connectivity index (χ2v) is 5.80. The number of piperidine rings is 1. The molecule has 110 valence electrons. The molecular weight excluding hydrogens is 254 g/mol. The molecule has 1 aromatic rings. The monoisotopic (exact) mass is 277 g/mol. The molecule has 3 rings (SSSR count). The fraction of sp³-hybridized carbons (Fsp3) is 0.714. The minimum absolute atomic E-state index is 0.105. The maximum absolute atomic E-state index is 11.9. The van der Waals surface area contributed by atoms with E-state index in [0.29, 0.717) is 0 Å². The Labute approximate surface area is 119 Å². The lowest BCUT2D eigenvalue weighted by molar-refractivity contribution is -0.123. The lowest BCUT2D eigenvalue weighted by Gasteiger charge is -2.37. The van der Waals surface area contributed by atoms with Gasteiger partial charge >= 0.3 is 0 Å². The van der Waals surface area contributed by atoms with Crippen LogP contribution in [-0.4, -0.2) is 34.8 Å². The molecule has 6 heteroatoms. The molecule has 3 heterocycles. The van der Waals surface area contributed by atoms with Crippen LogP contribution in [0.5, 0.6) is 0 Å². The number of hydrogen-bond acceptors (Lipinski definition) is 4. The highest BCUT2D eigenvalue weighted by molar-refractivity contribution is 5.83. The van der Waals surface area contributed by atoms with Crippen LogP contribution in [0.1, 0.15) is 31.9 Å². The second kappa shape index (κ2) is 5.00. The summed E-state index contributed by atoms with van der Waals surface area (Å²) in [5.74, 6) is 1.31. The van der Waals surface area contributed by atoms with Crippen molar-refractivity contribution in [1.29, 1.82) is 0 Å². The van der Waals surface area contributed by atoms with Crippen molar-refractivity contribution in [3.8, 4) is 0 Å². The summed E-state index contributed by atoms with van der Waals surface area (Å²) < 4.78 is 2.01. The molecule has 6 nitrogen and oxygen atoms in total. The van der Waals surface area contributed by atoms with Crippen molar-refractivity contribution >= 4 is 17.4 Å². The molecular formula is C14H23N5O. The molecule has 0 spiro atoms. The number of nitrogens with two attached hydrogens (primary N) is 1. The largest absolute Gasteiger partial charge is 0.394 e. The van der Waals surface area contributed by atoms with Crippen molar-refractivity contribution in [2.75, 3.05) is 23.7 Å². The Morgan fingerprint density at radius 1 is 1.50 bits per heavy atom. The number of carbonyl (C=O) groups is 1. The highest BCUT2D eigenvalue weighted by atomic mass is 16.2. The Balaban J connectivity index is 1.97. The first-order valence-electron chi connectivity index (χ1n) is 7.50. The van der Waals surface area contributed by atoms with Crippen molar-refractivity contribution in [3.05, 3.63) is 5.69 Å². The van der Waals surface area contributed by atoms with Crippen LogP contribution in [-0.2, 0) is 11.3 Å². The number of nitrogens with one attached hydrogen (secondary N) is 1. The molecule has 0 saturated carbocycles. The Morgan fingerprint density at radius 3 is 3.05 bits per heavy atom. The van der Waals surface area contributed by atoms with E-state index < -0.39 is 0 Å². The van der Waals surface area contributed by atoms with Crippen molar-refractivity contribution in [3.63, 3.8) is 0 Å². The molecule has 0 radical (unpaired) electrons. The predicted octanol–water partition coefficient (Wildman–Crippen LogP) is 0.899. The van der Waals surface area contributed by atoms with Crippen molar-refractivity contribution in [2.45, 2.75) is 45.7 Å². The van der Waals surface area contributed by atoms with Crippen LogP contribution in [0.15, 0.2) is 0 Å². The normalized spacial score (nSPS) is 25.7. The minimum Gasteiger partial charge on any atom is -0.394 e. The number of carbonyl (C=O) groups excluding carboxylic acids is 1. The summed E-state index contributed by atoms with van der Waals surface area (Å²) in [5.41, 5.74) is 7.90. The average molecular weight is 277 g/mol. The minimum atomic E-state index is 0.105. The van der Waals surface area contributed by atoms with Crippen LogP contribution in [0.25, 0.3) is 0 Å². The molecule has 2 aliphatic heterocycles. The van der Waals surface area contributed by atoms with E-state index in [1.54, 1.807) is 0 Å². The number of amides is 1. The third-order valence-electron chi connectivity index (χ3n) is 4.45. The highest BCUT2D eigenvalue weighted by Crippen LogP contribution is 2.35. The first kappa shape index (κ1) is 13.3. The molecule has 0 aliphatic carbocycles. The van der Waals surface area contributed by atoms with Gasteiger partial charge in [0.2, 0.25) is 5.91 Å². The number of anilines is 2. The van der Waals surface area contributed by atoms with Crippen LogP contribution in [0.4, 0.5) is 11.5 Å². The summed E-state index contributed by atoms with van der Waals surface area (Å²) in [6.45, 7) is 6.62. The lowest BCUT2D eigenvalue weighted by atomic mass is 9.91. The van der Waals surface area contributed by atoms with Gasteiger partial charge in [0.1, 0.15) is 0 Å². The number of nitrogens with zero attached hydrogens (tertiary/aromatic N) is 3. The van der Waals surface area contributed by atoms with Gasteiger partial charge in [0.05, 0.1) is 23.3 Å². The van der Waals surface area contributed by atoms with Gasteiger partial charge in [-0.1, -0.05) is 6.92 Å². The van der Waals surface area contributed by atoms with Gasteiger partial charge in [-0.2, -0.15) is 5.10 Å². The smallest absolute Gasteiger partial charge is 0.225 e. The summed E-state index contributed by atoms with van der Waals surface area (Å²) >= 11 is 0. The topological polar surface area (TPSA) is 76.2 Å². The van der Waals surface area contributed by atoms with Crippen LogP contribution >= 0.6 is 0 Å². The maximum atomic E-state index is 11.9. The maximum Gasteiger partial charge on any atom is 0.225 e. The Kier molecular flexibility index (Phi) is 3.31. The van der Waals surface area contributed by atoms with Crippen molar-refractivity contribution < 1.29 is 4.79 Å². The Hall–Kier alpha value is -1.72. The molecule has 2 atom stereocenters. The van der Waals surface area contributed by atoms with Crippen molar-refractivity contribution in [1.82, 2.24) is 15.1 Å². The highest BCUT2D eigenvalue weighted by Gasteiger charge is 2.42. The number of aryl methyl sites for hydroxylation is 2. The van der Waals surface area contributed by atoms with Gasteiger partial charge in [-0.05, 0) is 26.2 Å². The van der Waals surface area contributed by atoms with Crippen LogP contribution < -0.4 is 16.0 Å². The Bertz CT molecular complexity index is 524. The summed E-state index contributed by atoms with van der Waals surface area (Å²) in [7, 11) is 0. The standard InChI is InChI=1S/C14H23N5O/c1-3-6-19-14(12(15)9(2)17-19)18-7-4-5-10-11(18)8-16-13(10)20/h10-11H,3-8,15H2,1-2H3,(H,16,20). The first-order valence-corrected chi connectivity index (χ1v) is 7.50. The van der Waals surface area contributed by atoms with E-state index in [4.69, 9.17) is 5.73 Å². The van der Waals surface area contributed by atoms with Gasteiger partial charge in [0.25, 0.3) is 0 Å². The average Bonchev–Trinajstić information content (AvgIpc) is 2.93. The third kappa shape index (κ3) is 1.94. The summed E-state index contributed by atoms with van der Waals surface area (Å²) in [4.78, 5) is 14.2. The van der Waals surface area contributed by atoms with Gasteiger partial charge in [0, 0.05) is 19.6 Å². The molecule has 0 bridgehead atoms. The van der Waals surface area contributed by atoms with E-state index >= 15 is 0 Å². The zero-order chi connectivity index (χ0) is 14.3. The van der Waals surface area contributed by atoms with Crippen LogP contribution in [0, 0.1) is 12.8 Å². The van der Waals surface area contributed by atoms with Gasteiger partial charge in [-0.15, -0.1) is 0 Å². The molecule has 3 N–H and O–H groups in total. The number of nitrogen functional groups attached to an aromatic ring is 1. The predicted molar refractivity (Wildman–Crippen MR) is 78.5 cm³/mol.